The van der Waals surface area contributed by atoms with E-state index in [1.54, 1.807) is 0 Å². The Balaban J connectivity index is 2.94. The van der Waals surface area contributed by atoms with E-state index in [1.807, 2.05) is 6.92 Å². The summed E-state index contributed by atoms with van der Waals surface area (Å²) in [6.07, 6.45) is -1.48. The van der Waals surface area contributed by atoms with Gasteiger partial charge in [0, 0.05) is 18.9 Å². The zero-order valence-electron chi connectivity index (χ0n) is 10.2. The molecule has 0 unspecified atom stereocenters. The number of halogens is 3. The van der Waals surface area contributed by atoms with Gasteiger partial charge in [-0.3, -0.25) is 4.98 Å². The number of pyridine rings is 1. The summed E-state index contributed by atoms with van der Waals surface area (Å²) in [5, 5.41) is 2.83. The van der Waals surface area contributed by atoms with Crippen LogP contribution in [0.1, 0.15) is 13.3 Å². The van der Waals surface area contributed by atoms with Crippen LogP contribution < -0.4 is 10.0 Å². The Morgan fingerprint density at radius 1 is 1.37 bits per heavy atom. The number of sulfonamides is 1. The van der Waals surface area contributed by atoms with Gasteiger partial charge in [-0.15, -0.1) is 0 Å². The summed E-state index contributed by atoms with van der Waals surface area (Å²) in [6.45, 7) is 0.771. The molecule has 0 spiro atoms. The zero-order valence-corrected chi connectivity index (χ0v) is 11.0. The van der Waals surface area contributed by atoms with Gasteiger partial charge in [0.1, 0.15) is 11.4 Å². The second-order valence-electron chi connectivity index (χ2n) is 3.74. The Morgan fingerprint density at radius 2 is 2.05 bits per heavy atom. The molecule has 0 radical (unpaired) electrons. The second kappa shape index (κ2) is 6.20. The molecule has 2 N–H and O–H groups in total. The lowest BCUT2D eigenvalue weighted by molar-refractivity contribution is -0.121. The van der Waals surface area contributed by atoms with Crippen molar-refractivity contribution in [3.63, 3.8) is 0 Å². The van der Waals surface area contributed by atoms with E-state index in [9.17, 15) is 21.6 Å². The molecule has 5 nitrogen and oxygen atoms in total. The van der Waals surface area contributed by atoms with Crippen LogP contribution in [-0.4, -0.2) is 32.7 Å². The third-order valence-corrected chi connectivity index (χ3v) is 3.53. The highest BCUT2D eigenvalue weighted by Crippen LogP contribution is 2.20. The number of alkyl halides is 3. The Hall–Kier alpha value is -1.35. The maximum atomic E-state index is 12.0. The van der Waals surface area contributed by atoms with E-state index in [-0.39, 0.29) is 10.6 Å². The molecule has 0 fully saturated rings. The number of hydrogen-bond donors (Lipinski definition) is 2. The van der Waals surface area contributed by atoms with E-state index in [4.69, 9.17) is 0 Å². The number of hydrogen-bond acceptors (Lipinski definition) is 4. The van der Waals surface area contributed by atoms with Gasteiger partial charge in [-0.05, 0) is 12.5 Å². The summed E-state index contributed by atoms with van der Waals surface area (Å²) < 4.78 is 61.2. The van der Waals surface area contributed by atoms with Crippen LogP contribution in [0.15, 0.2) is 23.4 Å². The zero-order chi connectivity index (χ0) is 14.5. The predicted molar refractivity (Wildman–Crippen MR) is 64.3 cm³/mol. The van der Waals surface area contributed by atoms with Crippen molar-refractivity contribution < 1.29 is 21.6 Å². The molecule has 0 aliphatic heterocycles. The van der Waals surface area contributed by atoms with Crippen molar-refractivity contribution >= 4 is 15.7 Å². The van der Waals surface area contributed by atoms with E-state index in [2.05, 4.69) is 10.3 Å². The van der Waals surface area contributed by atoms with Crippen LogP contribution in [0.4, 0.5) is 18.9 Å². The lowest BCUT2D eigenvalue weighted by Crippen LogP contribution is -2.34. The lowest BCUT2D eigenvalue weighted by atomic mass is 10.4. The fourth-order valence-corrected chi connectivity index (χ4v) is 2.39. The van der Waals surface area contributed by atoms with Gasteiger partial charge in [0.25, 0.3) is 0 Å². The van der Waals surface area contributed by atoms with Crippen molar-refractivity contribution in [2.75, 3.05) is 18.4 Å². The summed E-state index contributed by atoms with van der Waals surface area (Å²) in [7, 11) is -4.25. The van der Waals surface area contributed by atoms with Gasteiger partial charge in [-0.25, -0.2) is 13.1 Å². The summed E-state index contributed by atoms with van der Waals surface area (Å²) in [6, 6.07) is 1.40. The average molecular weight is 297 g/mol. The Bertz CT molecular complexity index is 517. The second-order valence-corrected chi connectivity index (χ2v) is 5.47. The smallest absolute Gasteiger partial charge is 0.384 e. The highest BCUT2D eigenvalue weighted by Gasteiger charge is 2.30. The topological polar surface area (TPSA) is 71.1 Å². The first-order valence-electron chi connectivity index (χ1n) is 5.50. The van der Waals surface area contributed by atoms with E-state index < -0.39 is 22.7 Å². The molecule has 0 atom stereocenters. The molecule has 0 saturated heterocycles. The Labute approximate surface area is 109 Å². The molecule has 9 heteroatoms. The van der Waals surface area contributed by atoms with Crippen molar-refractivity contribution in [1.29, 1.82) is 0 Å². The first-order valence-corrected chi connectivity index (χ1v) is 6.99. The molecule has 108 valence electrons. The Morgan fingerprint density at radius 3 is 2.63 bits per heavy atom. The van der Waals surface area contributed by atoms with Crippen molar-refractivity contribution in [3.05, 3.63) is 18.5 Å². The fourth-order valence-electron chi connectivity index (χ4n) is 1.25. The minimum absolute atomic E-state index is 0.228. The number of anilines is 1. The standard InChI is InChI=1S/C10H14F3N3O2S/c1-2-4-15-8-3-5-14-6-9(8)19(17,18)16-7-10(11,12)13/h3,5-6,16H,2,4,7H2,1H3,(H,14,15). The first kappa shape index (κ1) is 15.7. The predicted octanol–water partition coefficient (Wildman–Crippen LogP) is 1.74. The largest absolute Gasteiger partial charge is 0.402 e. The summed E-state index contributed by atoms with van der Waals surface area (Å²) in [4.78, 5) is 3.33. The SMILES string of the molecule is CCCNc1ccncc1S(=O)(=O)NCC(F)(F)F. The summed E-state index contributed by atoms with van der Waals surface area (Å²) >= 11 is 0. The summed E-state index contributed by atoms with van der Waals surface area (Å²) in [5.41, 5.74) is 0.228. The van der Waals surface area contributed by atoms with E-state index in [0.717, 1.165) is 12.6 Å². The fraction of sp³-hybridized carbons (Fsp3) is 0.500. The lowest BCUT2D eigenvalue weighted by Gasteiger charge is -2.13. The number of aromatic nitrogens is 1. The van der Waals surface area contributed by atoms with Gasteiger partial charge in [0.05, 0.1) is 5.69 Å². The van der Waals surface area contributed by atoms with Gasteiger partial charge < -0.3 is 5.32 Å². The van der Waals surface area contributed by atoms with Gasteiger partial charge in [0.2, 0.25) is 10.0 Å². The maximum Gasteiger partial charge on any atom is 0.402 e. The van der Waals surface area contributed by atoms with Crippen molar-refractivity contribution in [3.8, 4) is 0 Å². The van der Waals surface area contributed by atoms with Crippen LogP contribution >= 0.6 is 0 Å². The molecule has 1 aromatic heterocycles. The Kier molecular flexibility index (Phi) is 5.12. The number of nitrogens with zero attached hydrogens (tertiary/aromatic N) is 1. The molecule has 1 aromatic rings. The normalized spacial score (nSPS) is 12.4. The molecule has 0 aliphatic rings. The van der Waals surface area contributed by atoms with Gasteiger partial charge in [0.15, 0.2) is 0 Å². The molecule has 19 heavy (non-hydrogen) atoms. The van der Waals surface area contributed by atoms with Crippen LogP contribution in [0, 0.1) is 0 Å². The first-order chi connectivity index (χ1) is 8.76. The van der Waals surface area contributed by atoms with E-state index in [1.165, 1.54) is 17.0 Å². The molecule has 1 heterocycles. The molecule has 1 rings (SSSR count). The van der Waals surface area contributed by atoms with E-state index >= 15 is 0 Å². The van der Waals surface area contributed by atoms with Crippen LogP contribution in [0.5, 0.6) is 0 Å². The molecular weight excluding hydrogens is 283 g/mol. The van der Waals surface area contributed by atoms with Crippen molar-refractivity contribution in [1.82, 2.24) is 9.71 Å². The molecule has 0 amide bonds. The molecule has 0 aromatic carbocycles. The van der Waals surface area contributed by atoms with Crippen LogP contribution in [0.3, 0.4) is 0 Å². The summed E-state index contributed by atoms with van der Waals surface area (Å²) in [5.74, 6) is 0. The van der Waals surface area contributed by atoms with Crippen LogP contribution in [0.2, 0.25) is 0 Å². The van der Waals surface area contributed by atoms with Gasteiger partial charge in [-0.2, -0.15) is 13.2 Å². The molecular formula is C10H14F3N3O2S. The minimum atomic E-state index is -4.60. The highest BCUT2D eigenvalue weighted by atomic mass is 32.2. The molecule has 0 saturated carbocycles. The maximum absolute atomic E-state index is 12.0. The quantitative estimate of drug-likeness (QED) is 0.839. The third kappa shape index (κ3) is 5.03. The third-order valence-electron chi connectivity index (χ3n) is 2.10. The van der Waals surface area contributed by atoms with Gasteiger partial charge in [-0.1, -0.05) is 6.92 Å². The number of rotatable bonds is 6. The number of nitrogens with one attached hydrogen (secondary N) is 2. The molecule has 0 bridgehead atoms. The minimum Gasteiger partial charge on any atom is -0.384 e. The van der Waals surface area contributed by atoms with E-state index in [0.29, 0.717) is 6.54 Å². The monoisotopic (exact) mass is 297 g/mol. The molecule has 0 aliphatic carbocycles. The van der Waals surface area contributed by atoms with Crippen molar-refractivity contribution in [2.24, 2.45) is 0 Å². The van der Waals surface area contributed by atoms with Crippen LogP contribution in [0.25, 0.3) is 0 Å². The average Bonchev–Trinajstić information content (AvgIpc) is 2.34. The van der Waals surface area contributed by atoms with Crippen molar-refractivity contribution in [2.45, 2.75) is 24.4 Å². The highest BCUT2D eigenvalue weighted by molar-refractivity contribution is 7.89. The van der Waals surface area contributed by atoms with Crippen LogP contribution in [-0.2, 0) is 10.0 Å². The van der Waals surface area contributed by atoms with Gasteiger partial charge >= 0.3 is 6.18 Å².